The molecular weight excluding hydrogens is 457 g/mol. The smallest absolute Gasteiger partial charge is 0.257 e. The fourth-order valence-corrected chi connectivity index (χ4v) is 5.11. The van der Waals surface area contributed by atoms with E-state index in [-0.39, 0.29) is 11.6 Å². The van der Waals surface area contributed by atoms with E-state index in [0.717, 1.165) is 22.5 Å². The SMILES string of the molecule is CCOc1nc([C@@H](CS(C)(=O)=O)N2CN(C)c3cc(-c4ccc(F)cc4)ccc32)ccc1OC. The van der Waals surface area contributed by atoms with Gasteiger partial charge >= 0.3 is 0 Å². The first-order chi connectivity index (χ1) is 16.2. The average molecular weight is 486 g/mol. The van der Waals surface area contributed by atoms with Gasteiger partial charge in [-0.25, -0.2) is 17.8 Å². The summed E-state index contributed by atoms with van der Waals surface area (Å²) in [7, 11) is 0.163. The lowest BCUT2D eigenvalue weighted by molar-refractivity contribution is 0.297. The Hall–Kier alpha value is -3.33. The molecule has 2 aromatic carbocycles. The number of anilines is 2. The van der Waals surface area contributed by atoms with Gasteiger partial charge in [0.15, 0.2) is 5.75 Å². The van der Waals surface area contributed by atoms with Crippen LogP contribution in [0.2, 0.25) is 0 Å². The van der Waals surface area contributed by atoms with E-state index in [0.29, 0.717) is 30.6 Å². The van der Waals surface area contributed by atoms with E-state index in [1.807, 2.05) is 37.1 Å². The molecule has 7 nitrogen and oxygen atoms in total. The second kappa shape index (κ2) is 9.50. The predicted octanol–water partition coefficient (Wildman–Crippen LogP) is 4.29. The summed E-state index contributed by atoms with van der Waals surface area (Å²) in [5, 5.41) is 0. The Morgan fingerprint density at radius 3 is 2.41 bits per heavy atom. The van der Waals surface area contributed by atoms with Gasteiger partial charge in [-0.05, 0) is 54.4 Å². The van der Waals surface area contributed by atoms with Gasteiger partial charge in [0, 0.05) is 13.3 Å². The summed E-state index contributed by atoms with van der Waals surface area (Å²) in [5.41, 5.74) is 4.30. The Morgan fingerprint density at radius 2 is 1.76 bits per heavy atom. The van der Waals surface area contributed by atoms with Gasteiger partial charge in [-0.1, -0.05) is 18.2 Å². The molecule has 1 aliphatic rings. The molecule has 0 saturated heterocycles. The van der Waals surface area contributed by atoms with Gasteiger partial charge in [0.05, 0.1) is 49.2 Å². The molecule has 4 rings (SSSR count). The lowest BCUT2D eigenvalue weighted by Gasteiger charge is -2.29. The molecule has 0 saturated carbocycles. The number of ether oxygens (including phenoxy) is 2. The van der Waals surface area contributed by atoms with Crippen molar-refractivity contribution in [2.24, 2.45) is 0 Å². The van der Waals surface area contributed by atoms with Crippen molar-refractivity contribution in [2.75, 3.05) is 49.2 Å². The minimum Gasteiger partial charge on any atom is -0.491 e. The van der Waals surface area contributed by atoms with E-state index in [4.69, 9.17) is 9.47 Å². The van der Waals surface area contributed by atoms with Crippen molar-refractivity contribution in [2.45, 2.75) is 13.0 Å². The van der Waals surface area contributed by atoms with Crippen LogP contribution in [-0.4, -0.2) is 52.8 Å². The van der Waals surface area contributed by atoms with Crippen LogP contribution < -0.4 is 19.3 Å². The molecule has 0 N–H and O–H groups in total. The number of nitrogens with zero attached hydrogens (tertiary/aromatic N) is 3. The van der Waals surface area contributed by atoms with Gasteiger partial charge in [0.1, 0.15) is 15.7 Å². The molecule has 34 heavy (non-hydrogen) atoms. The Kier molecular flexibility index (Phi) is 6.65. The first-order valence-corrected chi connectivity index (χ1v) is 13.0. The number of fused-ring (bicyclic) bond motifs is 1. The van der Waals surface area contributed by atoms with Crippen LogP contribution in [-0.2, 0) is 9.84 Å². The third-order valence-electron chi connectivity index (χ3n) is 5.76. The fourth-order valence-electron chi connectivity index (χ4n) is 4.19. The molecule has 0 aliphatic carbocycles. The number of rotatable bonds is 8. The van der Waals surface area contributed by atoms with Crippen molar-refractivity contribution in [1.29, 1.82) is 0 Å². The van der Waals surface area contributed by atoms with E-state index in [2.05, 4.69) is 9.88 Å². The number of pyridine rings is 1. The lowest BCUT2D eigenvalue weighted by Crippen LogP contribution is -2.36. The van der Waals surface area contributed by atoms with Gasteiger partial charge in [-0.3, -0.25) is 0 Å². The van der Waals surface area contributed by atoms with Gasteiger partial charge < -0.3 is 19.3 Å². The van der Waals surface area contributed by atoms with Crippen LogP contribution in [0, 0.1) is 5.82 Å². The summed E-state index contributed by atoms with van der Waals surface area (Å²) in [6.07, 6.45) is 1.23. The molecule has 0 spiro atoms. The molecule has 1 aromatic heterocycles. The van der Waals surface area contributed by atoms with Crippen LogP contribution in [0.15, 0.2) is 54.6 Å². The Morgan fingerprint density at radius 1 is 1.06 bits per heavy atom. The van der Waals surface area contributed by atoms with E-state index >= 15 is 0 Å². The van der Waals surface area contributed by atoms with Crippen LogP contribution >= 0.6 is 0 Å². The number of benzene rings is 2. The predicted molar refractivity (Wildman–Crippen MR) is 132 cm³/mol. The fraction of sp³-hybridized carbons (Fsp3) is 0.320. The van der Waals surface area contributed by atoms with Crippen molar-refractivity contribution in [3.05, 3.63) is 66.1 Å². The highest BCUT2D eigenvalue weighted by Gasteiger charge is 2.34. The summed E-state index contributed by atoms with van der Waals surface area (Å²) in [6, 6.07) is 15.3. The zero-order valence-electron chi connectivity index (χ0n) is 19.7. The highest BCUT2D eigenvalue weighted by Crippen LogP contribution is 2.43. The third kappa shape index (κ3) is 4.94. The van der Waals surface area contributed by atoms with Crippen LogP contribution in [0.5, 0.6) is 11.6 Å². The minimum absolute atomic E-state index is 0.106. The van der Waals surface area contributed by atoms with Crippen molar-refractivity contribution >= 4 is 21.2 Å². The van der Waals surface area contributed by atoms with Crippen LogP contribution in [0.25, 0.3) is 11.1 Å². The van der Waals surface area contributed by atoms with E-state index in [1.165, 1.54) is 25.5 Å². The third-order valence-corrected chi connectivity index (χ3v) is 6.69. The Labute approximate surface area is 199 Å². The normalized spacial score (nSPS) is 14.1. The standard InChI is InChI=1S/C25H28FN3O4S/c1-5-33-25-24(32-3)13-11-20(27-25)23(15-34(4,30)31)29-16-28(2)22-14-18(8-12-21(22)29)17-6-9-19(26)10-7-17/h6-14,23H,5,15-16H2,1-4H3/t23-/m1/s1. The first kappa shape index (κ1) is 23.8. The zero-order valence-corrected chi connectivity index (χ0v) is 20.5. The quantitative estimate of drug-likeness (QED) is 0.471. The molecule has 0 radical (unpaired) electrons. The topological polar surface area (TPSA) is 72.0 Å². The van der Waals surface area contributed by atoms with Gasteiger partial charge in [-0.2, -0.15) is 0 Å². The molecule has 0 fully saturated rings. The molecule has 0 amide bonds. The molecular formula is C25H28FN3O4S. The van der Waals surface area contributed by atoms with Gasteiger partial charge in [0.25, 0.3) is 5.88 Å². The summed E-state index contributed by atoms with van der Waals surface area (Å²) in [5.74, 6) is 0.437. The zero-order chi connectivity index (χ0) is 24.5. The number of hydrogen-bond donors (Lipinski definition) is 0. The lowest BCUT2D eigenvalue weighted by atomic mass is 10.0. The largest absolute Gasteiger partial charge is 0.491 e. The molecule has 180 valence electrons. The molecule has 0 unspecified atom stereocenters. The number of aromatic nitrogens is 1. The average Bonchev–Trinajstić information content (AvgIpc) is 3.13. The Balaban J connectivity index is 1.76. The molecule has 3 aromatic rings. The first-order valence-electron chi connectivity index (χ1n) is 10.9. The van der Waals surface area contributed by atoms with Gasteiger partial charge in [0.2, 0.25) is 0 Å². The maximum absolute atomic E-state index is 13.4. The minimum atomic E-state index is -3.33. The molecule has 2 heterocycles. The summed E-state index contributed by atoms with van der Waals surface area (Å²) in [6.45, 7) is 2.75. The van der Waals surface area contributed by atoms with E-state index in [1.54, 1.807) is 24.3 Å². The second-order valence-electron chi connectivity index (χ2n) is 8.30. The van der Waals surface area contributed by atoms with Crippen LogP contribution in [0.4, 0.5) is 15.8 Å². The highest BCUT2D eigenvalue weighted by atomic mass is 32.2. The molecule has 0 bridgehead atoms. The van der Waals surface area contributed by atoms with Gasteiger partial charge in [-0.15, -0.1) is 0 Å². The van der Waals surface area contributed by atoms with Crippen molar-refractivity contribution in [3.63, 3.8) is 0 Å². The van der Waals surface area contributed by atoms with E-state index in [9.17, 15) is 12.8 Å². The monoisotopic (exact) mass is 485 g/mol. The maximum Gasteiger partial charge on any atom is 0.257 e. The van der Waals surface area contributed by atoms with Crippen LogP contribution in [0.1, 0.15) is 18.7 Å². The second-order valence-corrected chi connectivity index (χ2v) is 10.5. The van der Waals surface area contributed by atoms with Crippen molar-refractivity contribution in [3.8, 4) is 22.8 Å². The Bertz CT molecular complexity index is 1280. The number of hydrogen-bond acceptors (Lipinski definition) is 7. The van der Waals surface area contributed by atoms with E-state index < -0.39 is 15.9 Å². The summed E-state index contributed by atoms with van der Waals surface area (Å²) in [4.78, 5) is 8.72. The van der Waals surface area contributed by atoms with Crippen molar-refractivity contribution in [1.82, 2.24) is 4.98 Å². The number of methoxy groups -OCH3 is 1. The molecule has 1 aliphatic heterocycles. The summed E-state index contributed by atoms with van der Waals surface area (Å²) < 4.78 is 49.2. The molecule has 1 atom stereocenters. The van der Waals surface area contributed by atoms with Crippen LogP contribution in [0.3, 0.4) is 0 Å². The molecule has 9 heteroatoms. The van der Waals surface area contributed by atoms with Crippen molar-refractivity contribution < 1.29 is 22.3 Å². The highest BCUT2D eigenvalue weighted by molar-refractivity contribution is 7.90. The maximum atomic E-state index is 13.4. The summed E-state index contributed by atoms with van der Waals surface area (Å²) >= 11 is 0. The number of sulfone groups is 1. The number of halogens is 1.